The van der Waals surface area contributed by atoms with E-state index in [0.29, 0.717) is 5.04 Å². The Hall–Kier alpha value is 0.237. The second-order valence-corrected chi connectivity index (χ2v) is 11.9. The highest BCUT2D eigenvalue weighted by Crippen LogP contribution is 2.39. The van der Waals surface area contributed by atoms with Gasteiger partial charge in [-0.25, -0.2) is 0 Å². The minimum absolute atomic E-state index is 0.237. The molecule has 0 N–H and O–H groups in total. The van der Waals surface area contributed by atoms with E-state index >= 15 is 0 Å². The molecule has 12 heavy (non-hydrogen) atoms. The zero-order valence-corrected chi connectivity index (χ0v) is 10.8. The van der Waals surface area contributed by atoms with Crippen molar-refractivity contribution in [2.24, 2.45) is 0 Å². The van der Waals surface area contributed by atoms with Crippen LogP contribution in [-0.4, -0.2) is 18.9 Å². The van der Waals surface area contributed by atoms with Gasteiger partial charge in [-0.3, -0.25) is 4.79 Å². The van der Waals surface area contributed by atoms with Crippen molar-refractivity contribution in [3.8, 4) is 0 Å². The first-order chi connectivity index (χ1) is 5.17. The van der Waals surface area contributed by atoms with Gasteiger partial charge in [-0.05, 0) is 5.04 Å². The van der Waals surface area contributed by atoms with Gasteiger partial charge in [-0.15, -0.1) is 0 Å². The molecule has 0 rings (SSSR count). The van der Waals surface area contributed by atoms with Gasteiger partial charge in [-0.2, -0.15) is 0 Å². The molecule has 0 saturated carbocycles. The quantitative estimate of drug-likeness (QED) is 0.656. The first kappa shape index (κ1) is 12.2. The normalized spacial score (nSPS) is 13.2. The summed E-state index contributed by atoms with van der Waals surface area (Å²) in [4.78, 5) is 10.8. The molecule has 0 bridgehead atoms. The molecule has 0 aliphatic rings. The molecular formula is C9H20OSSi. The summed E-state index contributed by atoms with van der Waals surface area (Å²) in [5.41, 5.74) is 0. The van der Waals surface area contributed by atoms with Crippen LogP contribution in [-0.2, 0) is 4.79 Å². The number of hydrogen-bond acceptors (Lipinski definition) is 2. The average molecular weight is 204 g/mol. The van der Waals surface area contributed by atoms with Crippen LogP contribution in [0.5, 0.6) is 0 Å². The maximum absolute atomic E-state index is 10.8. The molecule has 72 valence electrons. The Kier molecular flexibility index (Phi) is 4.04. The van der Waals surface area contributed by atoms with E-state index < -0.39 is 8.07 Å². The molecule has 0 spiro atoms. The van der Waals surface area contributed by atoms with E-state index in [1.165, 1.54) is 11.8 Å². The summed E-state index contributed by atoms with van der Waals surface area (Å²) < 4.78 is 0. The summed E-state index contributed by atoms with van der Waals surface area (Å²) in [7, 11) is -1.12. The molecule has 0 aromatic carbocycles. The van der Waals surface area contributed by atoms with Gasteiger partial charge >= 0.3 is 0 Å². The molecule has 0 aliphatic carbocycles. The predicted octanol–water partition coefficient (Wildman–Crippen LogP) is 3.38. The Balaban J connectivity index is 4.14. The lowest BCUT2D eigenvalue weighted by molar-refractivity contribution is -0.109. The summed E-state index contributed by atoms with van der Waals surface area (Å²) in [6.45, 7) is 13.3. The maximum atomic E-state index is 10.8. The molecular weight excluding hydrogens is 184 g/mol. The van der Waals surface area contributed by atoms with Crippen molar-refractivity contribution >= 4 is 25.0 Å². The zero-order valence-electron chi connectivity index (χ0n) is 9.02. The molecule has 0 heterocycles. The van der Waals surface area contributed by atoms with Crippen LogP contribution in [0.15, 0.2) is 0 Å². The fourth-order valence-corrected chi connectivity index (χ4v) is 3.01. The van der Waals surface area contributed by atoms with Gasteiger partial charge in [0.15, 0.2) is 5.12 Å². The van der Waals surface area contributed by atoms with Gasteiger partial charge in [0, 0.05) is 12.7 Å². The van der Waals surface area contributed by atoms with Gasteiger partial charge in [0.05, 0.1) is 8.07 Å². The summed E-state index contributed by atoms with van der Waals surface area (Å²) >= 11 is 1.46. The smallest absolute Gasteiger partial charge is 0.185 e. The fourth-order valence-electron chi connectivity index (χ4n) is 0.499. The first-order valence-electron chi connectivity index (χ1n) is 4.30. The lowest BCUT2D eigenvalue weighted by atomic mass is 10.2. The average Bonchev–Trinajstić information content (AvgIpc) is 1.81. The van der Waals surface area contributed by atoms with Crippen LogP contribution in [0.2, 0.25) is 24.7 Å². The lowest BCUT2D eigenvalue weighted by Crippen LogP contribution is -2.37. The van der Waals surface area contributed by atoms with Gasteiger partial charge in [0.25, 0.3) is 0 Å². The van der Waals surface area contributed by atoms with Crippen molar-refractivity contribution in [2.75, 3.05) is 5.75 Å². The highest BCUT2D eigenvalue weighted by molar-refractivity contribution is 8.13. The van der Waals surface area contributed by atoms with Crippen molar-refractivity contribution in [3.63, 3.8) is 0 Å². The third kappa shape index (κ3) is 3.76. The highest BCUT2D eigenvalue weighted by atomic mass is 32.2. The topological polar surface area (TPSA) is 17.1 Å². The third-order valence-corrected chi connectivity index (χ3v) is 8.43. The van der Waals surface area contributed by atoms with Gasteiger partial charge in [0.1, 0.15) is 0 Å². The van der Waals surface area contributed by atoms with E-state index in [-0.39, 0.29) is 5.12 Å². The van der Waals surface area contributed by atoms with E-state index in [2.05, 4.69) is 33.5 Å². The van der Waals surface area contributed by atoms with E-state index in [9.17, 15) is 4.79 Å². The van der Waals surface area contributed by atoms with Crippen LogP contribution in [0.1, 0.15) is 20.8 Å². The monoisotopic (exact) mass is 204 g/mol. The van der Waals surface area contributed by atoms with E-state index in [4.69, 9.17) is 0 Å². The Morgan fingerprint density at radius 2 is 1.75 bits per heavy atom. The van der Waals surface area contributed by atoms with Gasteiger partial charge in [-0.1, -0.05) is 45.3 Å². The minimum Gasteiger partial charge on any atom is -0.288 e. The zero-order chi connectivity index (χ0) is 9.99. The van der Waals surface area contributed by atoms with E-state index in [1.807, 2.05) is 0 Å². The van der Waals surface area contributed by atoms with E-state index in [0.717, 1.165) is 5.75 Å². The molecule has 0 aromatic rings. The van der Waals surface area contributed by atoms with Crippen molar-refractivity contribution in [1.82, 2.24) is 0 Å². The lowest BCUT2D eigenvalue weighted by Gasteiger charge is -2.36. The van der Waals surface area contributed by atoms with Crippen LogP contribution >= 0.6 is 11.8 Å². The van der Waals surface area contributed by atoms with E-state index in [1.54, 1.807) is 6.92 Å². The largest absolute Gasteiger partial charge is 0.288 e. The van der Waals surface area contributed by atoms with Crippen molar-refractivity contribution in [2.45, 2.75) is 45.5 Å². The molecule has 0 atom stereocenters. The Morgan fingerprint density at radius 3 is 2.00 bits per heavy atom. The molecule has 3 heteroatoms. The summed E-state index contributed by atoms with van der Waals surface area (Å²) in [5, 5.41) is 0.588. The molecule has 1 nitrogen and oxygen atoms in total. The molecule has 0 aromatic heterocycles. The molecule has 0 radical (unpaired) electrons. The van der Waals surface area contributed by atoms with Crippen LogP contribution in [0.4, 0.5) is 0 Å². The summed E-state index contributed by atoms with van der Waals surface area (Å²) in [6.07, 6.45) is 0. The molecule has 0 aliphatic heterocycles. The second-order valence-electron chi connectivity index (χ2n) is 4.91. The highest BCUT2D eigenvalue weighted by Gasteiger charge is 2.34. The summed E-state index contributed by atoms with van der Waals surface area (Å²) in [6, 6.07) is 0. The third-order valence-electron chi connectivity index (χ3n) is 2.67. The second kappa shape index (κ2) is 3.96. The number of thioether (sulfide) groups is 1. The van der Waals surface area contributed by atoms with Crippen LogP contribution in [0.25, 0.3) is 0 Å². The molecule has 0 saturated heterocycles. The molecule has 0 amide bonds. The number of hydrogen-bond donors (Lipinski definition) is 0. The van der Waals surface area contributed by atoms with Crippen molar-refractivity contribution < 1.29 is 4.79 Å². The van der Waals surface area contributed by atoms with Crippen molar-refractivity contribution in [1.29, 1.82) is 0 Å². The minimum atomic E-state index is -1.12. The number of carbonyl (C=O) groups is 1. The Morgan fingerprint density at radius 1 is 1.33 bits per heavy atom. The Labute approximate surface area is 81.3 Å². The fraction of sp³-hybridized carbons (Fsp3) is 0.889. The standard InChI is InChI=1S/C9H20OSSi/c1-8(10)11-7-9(2,3)12(4,5)6/h7H2,1-6H3. The van der Waals surface area contributed by atoms with Gasteiger partial charge in [0.2, 0.25) is 0 Å². The predicted molar refractivity (Wildman–Crippen MR) is 60.5 cm³/mol. The molecule has 0 unspecified atom stereocenters. The number of rotatable bonds is 3. The van der Waals surface area contributed by atoms with Gasteiger partial charge < -0.3 is 0 Å². The maximum Gasteiger partial charge on any atom is 0.185 e. The van der Waals surface area contributed by atoms with Crippen LogP contribution in [0, 0.1) is 0 Å². The number of carbonyl (C=O) groups excluding carboxylic acids is 1. The SMILES string of the molecule is CC(=O)SCC(C)(C)[Si](C)(C)C. The summed E-state index contributed by atoms with van der Waals surface area (Å²) in [5.74, 6) is 0.970. The van der Waals surface area contributed by atoms with Crippen LogP contribution < -0.4 is 0 Å². The Bertz CT molecular complexity index is 170. The van der Waals surface area contributed by atoms with Crippen molar-refractivity contribution in [3.05, 3.63) is 0 Å². The molecule has 0 fully saturated rings. The van der Waals surface area contributed by atoms with Crippen LogP contribution in [0.3, 0.4) is 0 Å². The first-order valence-corrected chi connectivity index (χ1v) is 8.79.